The third-order valence-corrected chi connectivity index (χ3v) is 5.11. The first-order valence-corrected chi connectivity index (χ1v) is 8.40. The first-order chi connectivity index (χ1) is 10.4. The van der Waals surface area contributed by atoms with E-state index in [0.29, 0.717) is 0 Å². The molecule has 22 heavy (non-hydrogen) atoms. The van der Waals surface area contributed by atoms with Crippen molar-refractivity contribution in [2.75, 3.05) is 7.11 Å². The van der Waals surface area contributed by atoms with E-state index in [4.69, 9.17) is 4.74 Å². The molecule has 0 fully saturated rings. The van der Waals surface area contributed by atoms with Crippen LogP contribution in [0.5, 0.6) is 5.75 Å². The molecular formula is C20H22OS. The molecule has 0 N–H and O–H groups in total. The Bertz CT molecular complexity index is 804. The Kier molecular flexibility index (Phi) is 3.73. The number of ether oxygens (including phenoxy) is 1. The molecule has 0 saturated heterocycles. The molecule has 3 aromatic rings. The maximum atomic E-state index is 5.23. The van der Waals surface area contributed by atoms with E-state index in [2.05, 4.69) is 58.0 Å². The Morgan fingerprint density at radius 2 is 1.55 bits per heavy atom. The Balaban J connectivity index is 2.10. The molecule has 0 aliphatic carbocycles. The molecule has 2 heteroatoms. The number of aryl methyl sites for hydroxylation is 1. The lowest BCUT2D eigenvalue weighted by Gasteiger charge is -2.19. The second kappa shape index (κ2) is 5.44. The van der Waals surface area contributed by atoms with Crippen LogP contribution in [0.2, 0.25) is 0 Å². The third kappa shape index (κ3) is 2.64. The summed E-state index contributed by atoms with van der Waals surface area (Å²) >= 11 is 1.90. The van der Waals surface area contributed by atoms with Crippen molar-refractivity contribution in [2.24, 2.45) is 0 Å². The molecule has 0 aliphatic heterocycles. The zero-order valence-corrected chi connectivity index (χ0v) is 14.7. The van der Waals surface area contributed by atoms with Gasteiger partial charge in [-0.2, -0.15) is 0 Å². The number of hydrogen-bond donors (Lipinski definition) is 0. The normalized spacial score (nSPS) is 11.9. The van der Waals surface area contributed by atoms with Crippen LogP contribution in [-0.2, 0) is 5.41 Å². The van der Waals surface area contributed by atoms with Crippen LogP contribution in [0.3, 0.4) is 0 Å². The van der Waals surface area contributed by atoms with Gasteiger partial charge in [0.15, 0.2) is 0 Å². The minimum atomic E-state index is 0.184. The maximum Gasteiger partial charge on any atom is 0.118 e. The first-order valence-electron chi connectivity index (χ1n) is 7.58. The van der Waals surface area contributed by atoms with Crippen molar-refractivity contribution in [3.63, 3.8) is 0 Å². The standard InChI is InChI=1S/C20H22OS/c1-13-19(20(2,3)4)17-11-8-15(12-18(17)22-13)14-6-9-16(21-5)10-7-14/h6-12H,1-5H3. The summed E-state index contributed by atoms with van der Waals surface area (Å²) in [7, 11) is 1.70. The second-order valence-electron chi connectivity index (χ2n) is 6.72. The number of thiophene rings is 1. The molecule has 0 bridgehead atoms. The van der Waals surface area contributed by atoms with Crippen molar-refractivity contribution in [3.05, 3.63) is 52.9 Å². The highest BCUT2D eigenvalue weighted by Gasteiger charge is 2.21. The van der Waals surface area contributed by atoms with Crippen molar-refractivity contribution in [2.45, 2.75) is 33.1 Å². The van der Waals surface area contributed by atoms with Gasteiger partial charge in [-0.15, -0.1) is 11.3 Å². The van der Waals surface area contributed by atoms with Gasteiger partial charge in [0.1, 0.15) is 5.75 Å². The van der Waals surface area contributed by atoms with Crippen LogP contribution in [0.1, 0.15) is 31.2 Å². The maximum absolute atomic E-state index is 5.23. The van der Waals surface area contributed by atoms with E-state index in [1.165, 1.54) is 31.7 Å². The lowest BCUT2D eigenvalue weighted by atomic mass is 9.85. The molecule has 1 aromatic heterocycles. The van der Waals surface area contributed by atoms with E-state index in [1.54, 1.807) is 7.11 Å². The lowest BCUT2D eigenvalue weighted by Crippen LogP contribution is -2.11. The predicted octanol–water partition coefficient (Wildman–Crippen LogP) is 6.18. The van der Waals surface area contributed by atoms with Gasteiger partial charge in [0.2, 0.25) is 0 Å². The summed E-state index contributed by atoms with van der Waals surface area (Å²) in [5.41, 5.74) is 4.15. The smallest absolute Gasteiger partial charge is 0.118 e. The van der Waals surface area contributed by atoms with Crippen LogP contribution in [0, 0.1) is 6.92 Å². The van der Waals surface area contributed by atoms with E-state index < -0.39 is 0 Å². The minimum Gasteiger partial charge on any atom is -0.497 e. The van der Waals surface area contributed by atoms with E-state index in [9.17, 15) is 0 Å². The van der Waals surface area contributed by atoms with Crippen molar-refractivity contribution in [1.29, 1.82) is 0 Å². The van der Waals surface area contributed by atoms with Gasteiger partial charge in [0.05, 0.1) is 7.11 Å². The lowest BCUT2D eigenvalue weighted by molar-refractivity contribution is 0.415. The van der Waals surface area contributed by atoms with Crippen LogP contribution in [0.15, 0.2) is 42.5 Å². The van der Waals surface area contributed by atoms with Crippen LogP contribution in [-0.4, -0.2) is 7.11 Å². The van der Waals surface area contributed by atoms with E-state index in [1.807, 2.05) is 23.5 Å². The summed E-state index contributed by atoms with van der Waals surface area (Å²) in [6.45, 7) is 9.11. The topological polar surface area (TPSA) is 9.23 Å². The molecule has 3 rings (SSSR count). The van der Waals surface area contributed by atoms with Gasteiger partial charge in [-0.3, -0.25) is 0 Å². The summed E-state index contributed by atoms with van der Waals surface area (Å²) in [5.74, 6) is 0.895. The van der Waals surface area contributed by atoms with Crippen LogP contribution in [0.4, 0.5) is 0 Å². The molecule has 0 unspecified atom stereocenters. The monoisotopic (exact) mass is 310 g/mol. The zero-order valence-electron chi connectivity index (χ0n) is 13.9. The Labute approximate surface area is 136 Å². The van der Waals surface area contributed by atoms with E-state index in [0.717, 1.165) is 5.75 Å². The summed E-state index contributed by atoms with van der Waals surface area (Å²) < 4.78 is 6.60. The highest BCUT2D eigenvalue weighted by molar-refractivity contribution is 7.19. The molecule has 2 aromatic carbocycles. The molecule has 0 spiro atoms. The number of hydrogen-bond acceptors (Lipinski definition) is 2. The SMILES string of the molecule is COc1ccc(-c2ccc3c(C(C)(C)C)c(C)sc3c2)cc1. The first kappa shape index (κ1) is 15.1. The quantitative estimate of drug-likeness (QED) is 0.549. The second-order valence-corrected chi connectivity index (χ2v) is 7.98. The van der Waals surface area contributed by atoms with Crippen molar-refractivity contribution >= 4 is 21.4 Å². The van der Waals surface area contributed by atoms with Crippen molar-refractivity contribution in [1.82, 2.24) is 0 Å². The highest BCUT2D eigenvalue weighted by Crippen LogP contribution is 2.40. The third-order valence-electron chi connectivity index (χ3n) is 4.04. The predicted molar refractivity (Wildman–Crippen MR) is 97.3 cm³/mol. The minimum absolute atomic E-state index is 0.184. The van der Waals surface area contributed by atoms with Crippen LogP contribution in [0.25, 0.3) is 21.2 Å². The fraction of sp³-hybridized carbons (Fsp3) is 0.300. The number of methoxy groups -OCH3 is 1. The molecule has 0 atom stereocenters. The summed E-state index contributed by atoms with van der Waals surface area (Å²) in [5, 5.41) is 1.40. The molecule has 1 nitrogen and oxygen atoms in total. The molecule has 0 radical (unpaired) electrons. The van der Waals surface area contributed by atoms with Gasteiger partial charge >= 0.3 is 0 Å². The fourth-order valence-corrected chi connectivity index (χ4v) is 4.43. The average molecular weight is 310 g/mol. The van der Waals surface area contributed by atoms with Gasteiger partial charge in [-0.1, -0.05) is 45.0 Å². The molecular weight excluding hydrogens is 288 g/mol. The highest BCUT2D eigenvalue weighted by atomic mass is 32.1. The van der Waals surface area contributed by atoms with Crippen LogP contribution < -0.4 is 4.74 Å². The van der Waals surface area contributed by atoms with Crippen molar-refractivity contribution < 1.29 is 4.74 Å². The summed E-state index contributed by atoms with van der Waals surface area (Å²) in [6, 6.07) is 15.1. The van der Waals surface area contributed by atoms with Gasteiger partial charge in [0, 0.05) is 9.58 Å². The van der Waals surface area contributed by atoms with Crippen molar-refractivity contribution in [3.8, 4) is 16.9 Å². The average Bonchev–Trinajstić information content (AvgIpc) is 2.82. The number of rotatable bonds is 2. The zero-order chi connectivity index (χ0) is 15.9. The van der Waals surface area contributed by atoms with Crippen LogP contribution >= 0.6 is 11.3 Å². The molecule has 1 heterocycles. The summed E-state index contributed by atoms with van der Waals surface area (Å²) in [4.78, 5) is 1.43. The van der Waals surface area contributed by atoms with Gasteiger partial charge < -0.3 is 4.74 Å². The molecule has 114 valence electrons. The Morgan fingerprint density at radius 1 is 0.909 bits per heavy atom. The Hall–Kier alpha value is -1.80. The Morgan fingerprint density at radius 3 is 2.14 bits per heavy atom. The van der Waals surface area contributed by atoms with E-state index in [-0.39, 0.29) is 5.41 Å². The van der Waals surface area contributed by atoms with Gasteiger partial charge in [-0.25, -0.2) is 0 Å². The summed E-state index contributed by atoms with van der Waals surface area (Å²) in [6.07, 6.45) is 0. The number of fused-ring (bicyclic) bond motifs is 1. The number of benzene rings is 2. The van der Waals surface area contributed by atoms with E-state index >= 15 is 0 Å². The fourth-order valence-electron chi connectivity index (χ4n) is 3.11. The largest absolute Gasteiger partial charge is 0.497 e. The van der Waals surface area contributed by atoms with Gasteiger partial charge in [-0.05, 0) is 52.6 Å². The molecule has 0 amide bonds. The molecule has 0 saturated carbocycles. The van der Waals surface area contributed by atoms with Gasteiger partial charge in [0.25, 0.3) is 0 Å². The molecule has 0 aliphatic rings.